The molecule has 0 aliphatic carbocycles. The quantitative estimate of drug-likeness (QED) is 0.757. The Bertz CT molecular complexity index is 865. The highest BCUT2D eigenvalue weighted by Crippen LogP contribution is 2.41. The first-order chi connectivity index (χ1) is 14.6. The molecular formula is C24H31N3O2S. The van der Waals surface area contributed by atoms with Gasteiger partial charge in [0.05, 0.1) is 12.0 Å². The highest BCUT2D eigenvalue weighted by Gasteiger charge is 2.42. The Morgan fingerprint density at radius 1 is 1.20 bits per heavy atom. The van der Waals surface area contributed by atoms with E-state index in [-0.39, 0.29) is 23.8 Å². The topological polar surface area (TPSA) is 52.7 Å². The Kier molecular flexibility index (Phi) is 6.54. The lowest BCUT2D eigenvalue weighted by atomic mass is 9.86. The van der Waals surface area contributed by atoms with Gasteiger partial charge in [0, 0.05) is 29.6 Å². The number of benzene rings is 1. The Morgan fingerprint density at radius 2 is 2.00 bits per heavy atom. The van der Waals surface area contributed by atoms with Gasteiger partial charge in [-0.15, -0.1) is 11.3 Å². The standard InChI is InChI=1S/C24H31N3O2S/c1-3-26-14-4-6-19(26)16-25-24(29)20-12-13-22(28)27(18-10-8-17(2)9-11-18)23(20)21-7-5-15-30-21/h5,7-11,15,19-20,23H,3-4,6,12-14,16H2,1-2H3,(H,25,29). The van der Waals surface area contributed by atoms with E-state index in [0.717, 1.165) is 35.6 Å². The van der Waals surface area contributed by atoms with E-state index in [0.29, 0.717) is 25.4 Å². The van der Waals surface area contributed by atoms with Gasteiger partial charge in [-0.1, -0.05) is 30.7 Å². The molecule has 3 atom stereocenters. The second kappa shape index (κ2) is 9.31. The van der Waals surface area contributed by atoms with Crippen LogP contribution in [-0.4, -0.2) is 42.4 Å². The number of hydrogen-bond donors (Lipinski definition) is 1. The molecule has 30 heavy (non-hydrogen) atoms. The molecule has 3 heterocycles. The number of anilines is 1. The molecular weight excluding hydrogens is 394 g/mol. The molecule has 4 rings (SSSR count). The van der Waals surface area contributed by atoms with E-state index in [1.807, 2.05) is 53.6 Å². The molecule has 2 aliphatic rings. The third-order valence-electron chi connectivity index (χ3n) is 6.50. The Hall–Kier alpha value is -2.18. The number of hydrogen-bond acceptors (Lipinski definition) is 4. The number of likely N-dealkylation sites (N-methyl/N-ethyl adjacent to an activating group) is 1. The van der Waals surface area contributed by atoms with E-state index < -0.39 is 0 Å². The monoisotopic (exact) mass is 425 g/mol. The van der Waals surface area contributed by atoms with Crippen molar-refractivity contribution in [2.24, 2.45) is 5.92 Å². The zero-order valence-corrected chi connectivity index (χ0v) is 18.7. The Balaban J connectivity index is 1.57. The molecule has 6 heteroatoms. The fraction of sp³-hybridized carbons (Fsp3) is 0.500. The maximum Gasteiger partial charge on any atom is 0.227 e. The summed E-state index contributed by atoms with van der Waals surface area (Å²) in [6.45, 7) is 7.06. The molecule has 0 saturated carbocycles. The van der Waals surface area contributed by atoms with Gasteiger partial charge >= 0.3 is 0 Å². The Labute approximate surface area is 183 Å². The third kappa shape index (κ3) is 4.30. The van der Waals surface area contributed by atoms with Gasteiger partial charge in [0.2, 0.25) is 11.8 Å². The van der Waals surface area contributed by atoms with Crippen molar-refractivity contribution in [3.63, 3.8) is 0 Å². The number of piperidine rings is 1. The summed E-state index contributed by atoms with van der Waals surface area (Å²) >= 11 is 1.62. The van der Waals surface area contributed by atoms with Gasteiger partial charge in [-0.2, -0.15) is 0 Å². The normalized spacial score (nSPS) is 24.9. The molecule has 160 valence electrons. The van der Waals surface area contributed by atoms with Crippen LogP contribution in [0.5, 0.6) is 0 Å². The molecule has 1 aromatic heterocycles. The fourth-order valence-electron chi connectivity index (χ4n) is 4.85. The summed E-state index contributed by atoms with van der Waals surface area (Å²) < 4.78 is 0. The second-order valence-electron chi connectivity index (χ2n) is 8.37. The molecule has 2 fully saturated rings. The predicted molar refractivity (Wildman–Crippen MR) is 122 cm³/mol. The van der Waals surface area contributed by atoms with Crippen LogP contribution in [0.4, 0.5) is 5.69 Å². The van der Waals surface area contributed by atoms with Crippen LogP contribution in [0.15, 0.2) is 41.8 Å². The summed E-state index contributed by atoms with van der Waals surface area (Å²) in [5.74, 6) is -0.0747. The number of rotatable bonds is 6. The summed E-state index contributed by atoms with van der Waals surface area (Å²) in [6.07, 6.45) is 3.34. The van der Waals surface area contributed by atoms with Crippen LogP contribution < -0.4 is 10.2 Å². The average Bonchev–Trinajstić information content (AvgIpc) is 3.44. The summed E-state index contributed by atoms with van der Waals surface area (Å²) in [5, 5.41) is 5.25. The van der Waals surface area contributed by atoms with Gasteiger partial charge in [0.1, 0.15) is 0 Å². The van der Waals surface area contributed by atoms with Crippen molar-refractivity contribution in [1.82, 2.24) is 10.2 Å². The van der Waals surface area contributed by atoms with E-state index in [1.54, 1.807) is 11.3 Å². The number of nitrogens with zero attached hydrogens (tertiary/aromatic N) is 2. The largest absolute Gasteiger partial charge is 0.354 e. The number of likely N-dealkylation sites (tertiary alicyclic amines) is 1. The van der Waals surface area contributed by atoms with Crippen molar-refractivity contribution in [2.45, 2.75) is 51.6 Å². The van der Waals surface area contributed by atoms with Crippen molar-refractivity contribution in [2.75, 3.05) is 24.5 Å². The van der Waals surface area contributed by atoms with Crippen LogP contribution in [0.3, 0.4) is 0 Å². The van der Waals surface area contributed by atoms with E-state index in [1.165, 1.54) is 6.42 Å². The number of carbonyl (C=O) groups is 2. The van der Waals surface area contributed by atoms with Crippen LogP contribution in [0.2, 0.25) is 0 Å². The first-order valence-electron chi connectivity index (χ1n) is 11.0. The van der Waals surface area contributed by atoms with E-state index in [4.69, 9.17) is 0 Å². The highest BCUT2D eigenvalue weighted by atomic mass is 32.1. The van der Waals surface area contributed by atoms with E-state index >= 15 is 0 Å². The number of carbonyl (C=O) groups excluding carboxylic acids is 2. The first-order valence-corrected chi connectivity index (χ1v) is 11.9. The molecule has 2 amide bonds. The van der Waals surface area contributed by atoms with Crippen molar-refractivity contribution >= 4 is 28.8 Å². The minimum absolute atomic E-state index is 0.0703. The van der Waals surface area contributed by atoms with Gasteiger partial charge in [0.15, 0.2) is 0 Å². The number of thiophene rings is 1. The fourth-order valence-corrected chi connectivity index (χ4v) is 5.73. The van der Waals surface area contributed by atoms with Crippen LogP contribution in [0.25, 0.3) is 0 Å². The number of aryl methyl sites for hydroxylation is 1. The third-order valence-corrected chi connectivity index (χ3v) is 7.44. The summed E-state index contributed by atoms with van der Waals surface area (Å²) in [6, 6.07) is 12.3. The predicted octanol–water partition coefficient (Wildman–Crippen LogP) is 4.14. The molecule has 1 aromatic carbocycles. The second-order valence-corrected chi connectivity index (χ2v) is 9.35. The van der Waals surface area contributed by atoms with Crippen molar-refractivity contribution in [3.05, 3.63) is 52.2 Å². The molecule has 2 aromatic rings. The minimum atomic E-state index is -0.250. The molecule has 2 aliphatic heterocycles. The molecule has 5 nitrogen and oxygen atoms in total. The lowest BCUT2D eigenvalue weighted by Crippen LogP contribution is -2.49. The molecule has 2 saturated heterocycles. The molecule has 1 N–H and O–H groups in total. The SMILES string of the molecule is CCN1CCCC1CNC(=O)C1CCC(=O)N(c2ccc(C)cc2)C1c1cccs1. The molecule has 0 radical (unpaired) electrons. The molecule has 0 spiro atoms. The first kappa shape index (κ1) is 21.1. The highest BCUT2D eigenvalue weighted by molar-refractivity contribution is 7.10. The van der Waals surface area contributed by atoms with Crippen molar-refractivity contribution in [3.8, 4) is 0 Å². The van der Waals surface area contributed by atoms with Crippen LogP contribution in [-0.2, 0) is 9.59 Å². The maximum absolute atomic E-state index is 13.3. The zero-order valence-electron chi connectivity index (χ0n) is 17.8. The van der Waals surface area contributed by atoms with Crippen LogP contribution in [0.1, 0.15) is 49.1 Å². The molecule has 3 unspecified atom stereocenters. The Morgan fingerprint density at radius 3 is 2.70 bits per heavy atom. The van der Waals surface area contributed by atoms with Gasteiger partial charge in [-0.3, -0.25) is 14.5 Å². The number of nitrogens with one attached hydrogen (secondary N) is 1. The summed E-state index contributed by atoms with van der Waals surface area (Å²) in [5.41, 5.74) is 2.02. The maximum atomic E-state index is 13.3. The van der Waals surface area contributed by atoms with Crippen LogP contribution in [0, 0.1) is 12.8 Å². The number of amides is 2. The van der Waals surface area contributed by atoms with Gasteiger partial charge in [-0.25, -0.2) is 0 Å². The van der Waals surface area contributed by atoms with Gasteiger partial charge in [-0.05, 0) is 62.9 Å². The van der Waals surface area contributed by atoms with Crippen molar-refractivity contribution < 1.29 is 9.59 Å². The van der Waals surface area contributed by atoms with Crippen molar-refractivity contribution in [1.29, 1.82) is 0 Å². The van der Waals surface area contributed by atoms with Gasteiger partial charge in [0.25, 0.3) is 0 Å². The van der Waals surface area contributed by atoms with Crippen LogP contribution >= 0.6 is 11.3 Å². The lowest BCUT2D eigenvalue weighted by molar-refractivity contribution is -0.129. The summed E-state index contributed by atoms with van der Waals surface area (Å²) in [4.78, 5) is 31.7. The zero-order chi connectivity index (χ0) is 21.1. The summed E-state index contributed by atoms with van der Waals surface area (Å²) in [7, 11) is 0. The van der Waals surface area contributed by atoms with E-state index in [9.17, 15) is 9.59 Å². The van der Waals surface area contributed by atoms with Gasteiger partial charge < -0.3 is 10.2 Å². The average molecular weight is 426 g/mol. The van der Waals surface area contributed by atoms with E-state index in [2.05, 4.69) is 17.1 Å². The molecule has 0 bridgehead atoms. The minimum Gasteiger partial charge on any atom is -0.354 e. The smallest absolute Gasteiger partial charge is 0.227 e. The lowest BCUT2D eigenvalue weighted by Gasteiger charge is -2.40.